The summed E-state index contributed by atoms with van der Waals surface area (Å²) in [6.45, 7) is 0. The Morgan fingerprint density at radius 3 is 2.52 bits per heavy atom. The van der Waals surface area contributed by atoms with Crippen molar-refractivity contribution in [3.63, 3.8) is 0 Å². The highest BCUT2D eigenvalue weighted by atomic mass is 19.1. The van der Waals surface area contributed by atoms with E-state index in [0.717, 1.165) is 28.5 Å². The van der Waals surface area contributed by atoms with Gasteiger partial charge >= 0.3 is 5.97 Å². The molecule has 0 heterocycles. The fourth-order valence-corrected chi connectivity index (χ4v) is 2.94. The van der Waals surface area contributed by atoms with E-state index in [1.54, 1.807) is 0 Å². The van der Waals surface area contributed by atoms with E-state index in [2.05, 4.69) is 5.32 Å². The van der Waals surface area contributed by atoms with Crippen LogP contribution in [0.1, 0.15) is 15.9 Å². The van der Waals surface area contributed by atoms with Crippen LogP contribution in [0.25, 0.3) is 10.8 Å². The maximum Gasteiger partial charge on any atom is 0.328 e. The molecule has 0 radical (unpaired) electrons. The Kier molecular flexibility index (Phi) is 5.45. The van der Waals surface area contributed by atoms with Gasteiger partial charge in [-0.3, -0.25) is 4.79 Å². The van der Waals surface area contributed by atoms with Crippen molar-refractivity contribution >= 4 is 22.6 Å². The van der Waals surface area contributed by atoms with Crippen molar-refractivity contribution in [2.24, 2.45) is 0 Å². The van der Waals surface area contributed by atoms with Crippen LogP contribution in [0.3, 0.4) is 0 Å². The fraction of sp³-hybridized carbons (Fsp3) is 0.143. The summed E-state index contributed by atoms with van der Waals surface area (Å²) in [6.07, 6.45) is 0.169. The molecule has 0 saturated carbocycles. The fourth-order valence-electron chi connectivity index (χ4n) is 2.94. The van der Waals surface area contributed by atoms with Gasteiger partial charge in [0.2, 0.25) is 0 Å². The predicted molar refractivity (Wildman–Crippen MR) is 97.3 cm³/mol. The lowest BCUT2D eigenvalue weighted by Crippen LogP contribution is -2.43. The van der Waals surface area contributed by atoms with Crippen LogP contribution >= 0.6 is 0 Å². The number of nitrogens with one attached hydrogen (secondary N) is 1. The summed E-state index contributed by atoms with van der Waals surface area (Å²) >= 11 is 0. The molecule has 4 nitrogen and oxygen atoms in total. The second kappa shape index (κ2) is 7.95. The number of fused-ring (bicyclic) bond motifs is 1. The van der Waals surface area contributed by atoms with Crippen molar-refractivity contribution in [2.75, 3.05) is 7.11 Å². The lowest BCUT2D eigenvalue weighted by Gasteiger charge is -2.18. The highest BCUT2D eigenvalue weighted by Crippen LogP contribution is 2.20. The molecule has 3 rings (SSSR count). The first-order chi connectivity index (χ1) is 13.0. The van der Waals surface area contributed by atoms with E-state index in [-0.39, 0.29) is 12.0 Å². The summed E-state index contributed by atoms with van der Waals surface area (Å²) < 4.78 is 31.7. The predicted octanol–water partition coefficient (Wildman–Crippen LogP) is 3.63. The van der Waals surface area contributed by atoms with Gasteiger partial charge in [-0.05, 0) is 28.5 Å². The zero-order valence-corrected chi connectivity index (χ0v) is 14.5. The van der Waals surface area contributed by atoms with E-state index < -0.39 is 29.6 Å². The second-order valence-electron chi connectivity index (χ2n) is 6.02. The van der Waals surface area contributed by atoms with Gasteiger partial charge in [0.1, 0.15) is 17.7 Å². The van der Waals surface area contributed by atoms with Crippen molar-refractivity contribution in [1.29, 1.82) is 0 Å². The minimum Gasteiger partial charge on any atom is -0.467 e. The molecule has 1 N–H and O–H groups in total. The normalized spacial score (nSPS) is 11.8. The number of ether oxygens (including phenoxy) is 1. The van der Waals surface area contributed by atoms with Crippen molar-refractivity contribution in [3.05, 3.63) is 83.4 Å². The number of methoxy groups -OCH3 is 1. The van der Waals surface area contributed by atoms with E-state index >= 15 is 0 Å². The Labute approximate surface area is 154 Å². The molecule has 0 bridgehead atoms. The molecule has 0 spiro atoms. The number of rotatable bonds is 5. The van der Waals surface area contributed by atoms with Crippen LogP contribution in [0.4, 0.5) is 8.78 Å². The second-order valence-corrected chi connectivity index (χ2v) is 6.02. The molecule has 0 fully saturated rings. The Balaban J connectivity index is 1.88. The van der Waals surface area contributed by atoms with Gasteiger partial charge in [0.25, 0.3) is 5.91 Å². The third kappa shape index (κ3) is 4.11. The van der Waals surface area contributed by atoms with Gasteiger partial charge < -0.3 is 10.1 Å². The number of carbonyl (C=O) groups excluding carboxylic acids is 2. The minimum absolute atomic E-state index is 0.169. The maximum atomic E-state index is 13.9. The molecule has 0 aromatic heterocycles. The topological polar surface area (TPSA) is 55.4 Å². The molecule has 0 aliphatic rings. The van der Waals surface area contributed by atoms with Gasteiger partial charge in [0.05, 0.1) is 12.7 Å². The summed E-state index contributed by atoms with van der Waals surface area (Å²) in [5.41, 5.74) is 0.492. The van der Waals surface area contributed by atoms with Gasteiger partial charge in [-0.2, -0.15) is 0 Å². The molecular formula is C21H17F2NO3. The molecule has 3 aromatic rings. The van der Waals surface area contributed by atoms with Crippen LogP contribution < -0.4 is 5.32 Å². The zero-order valence-electron chi connectivity index (χ0n) is 14.5. The molecule has 0 aliphatic carbocycles. The van der Waals surface area contributed by atoms with Crippen LogP contribution in [-0.4, -0.2) is 25.0 Å². The summed E-state index contributed by atoms with van der Waals surface area (Å²) in [6, 6.07) is 14.9. The number of amides is 1. The van der Waals surface area contributed by atoms with Crippen molar-refractivity contribution in [2.45, 2.75) is 12.5 Å². The zero-order chi connectivity index (χ0) is 19.4. The third-order valence-electron chi connectivity index (χ3n) is 4.27. The number of benzene rings is 3. The standard InChI is InChI=1S/C21H17F2NO3/c1-27-21(26)19(24-20(25)17-10-9-15(22)12-18(17)23)11-14-7-4-6-13-5-2-3-8-16(13)14/h2-10,12,19H,11H2,1H3,(H,24,25)/t19-/m1/s1. The van der Waals surface area contributed by atoms with Crippen LogP contribution in [0.15, 0.2) is 60.7 Å². The monoisotopic (exact) mass is 369 g/mol. The van der Waals surface area contributed by atoms with Gasteiger partial charge in [-0.15, -0.1) is 0 Å². The van der Waals surface area contributed by atoms with Crippen LogP contribution in [0.5, 0.6) is 0 Å². The molecule has 1 amide bonds. The molecule has 0 unspecified atom stereocenters. The van der Waals surface area contributed by atoms with Gasteiger partial charge in [-0.1, -0.05) is 42.5 Å². The van der Waals surface area contributed by atoms with Gasteiger partial charge in [-0.25, -0.2) is 13.6 Å². The first-order valence-electron chi connectivity index (χ1n) is 8.30. The van der Waals surface area contributed by atoms with Crippen LogP contribution in [0.2, 0.25) is 0 Å². The van der Waals surface area contributed by atoms with Crippen molar-refractivity contribution < 1.29 is 23.1 Å². The summed E-state index contributed by atoms with van der Waals surface area (Å²) in [5.74, 6) is -3.26. The largest absolute Gasteiger partial charge is 0.467 e. The number of hydrogen-bond acceptors (Lipinski definition) is 3. The lowest BCUT2D eigenvalue weighted by molar-refractivity contribution is -0.142. The highest BCUT2D eigenvalue weighted by molar-refractivity contribution is 5.97. The highest BCUT2D eigenvalue weighted by Gasteiger charge is 2.24. The average molecular weight is 369 g/mol. The first-order valence-corrected chi connectivity index (χ1v) is 8.30. The molecular weight excluding hydrogens is 352 g/mol. The van der Waals surface area contributed by atoms with Crippen LogP contribution in [-0.2, 0) is 16.0 Å². The smallest absolute Gasteiger partial charge is 0.328 e. The molecule has 6 heteroatoms. The molecule has 3 aromatic carbocycles. The quantitative estimate of drug-likeness (QED) is 0.699. The Hall–Kier alpha value is -3.28. The molecule has 0 aliphatic heterocycles. The Bertz CT molecular complexity index is 998. The van der Waals surface area contributed by atoms with Crippen molar-refractivity contribution in [3.8, 4) is 0 Å². The third-order valence-corrected chi connectivity index (χ3v) is 4.27. The summed E-state index contributed by atoms with van der Waals surface area (Å²) in [7, 11) is 1.21. The number of hydrogen-bond donors (Lipinski definition) is 1. The van der Waals surface area contributed by atoms with E-state index in [1.165, 1.54) is 7.11 Å². The Morgan fingerprint density at radius 1 is 1.04 bits per heavy atom. The van der Waals surface area contributed by atoms with E-state index in [9.17, 15) is 18.4 Å². The number of carbonyl (C=O) groups is 2. The molecule has 27 heavy (non-hydrogen) atoms. The van der Waals surface area contributed by atoms with E-state index in [0.29, 0.717) is 6.07 Å². The van der Waals surface area contributed by atoms with E-state index in [4.69, 9.17) is 4.74 Å². The minimum atomic E-state index is -1.02. The van der Waals surface area contributed by atoms with Gasteiger partial charge in [0, 0.05) is 12.5 Å². The summed E-state index contributed by atoms with van der Waals surface area (Å²) in [4.78, 5) is 24.5. The summed E-state index contributed by atoms with van der Waals surface area (Å²) in [5, 5.41) is 4.42. The number of halogens is 2. The molecule has 1 atom stereocenters. The number of esters is 1. The SMILES string of the molecule is COC(=O)[C@@H](Cc1cccc2ccccc12)NC(=O)c1ccc(F)cc1F. The lowest BCUT2D eigenvalue weighted by atomic mass is 9.98. The Morgan fingerprint density at radius 2 is 1.78 bits per heavy atom. The van der Waals surface area contributed by atoms with Crippen LogP contribution in [0, 0.1) is 11.6 Å². The average Bonchev–Trinajstić information content (AvgIpc) is 2.67. The van der Waals surface area contributed by atoms with E-state index in [1.807, 2.05) is 42.5 Å². The first kappa shape index (κ1) is 18.5. The molecule has 138 valence electrons. The van der Waals surface area contributed by atoms with Gasteiger partial charge in [0.15, 0.2) is 0 Å². The molecule has 0 saturated heterocycles. The maximum absolute atomic E-state index is 13.9. The van der Waals surface area contributed by atoms with Crippen molar-refractivity contribution in [1.82, 2.24) is 5.32 Å².